The molecule has 0 atom stereocenters. The van der Waals surface area contributed by atoms with Crippen molar-refractivity contribution in [3.8, 4) is 22.6 Å². The van der Waals surface area contributed by atoms with E-state index in [0.29, 0.717) is 44.3 Å². The van der Waals surface area contributed by atoms with Gasteiger partial charge in [0.2, 0.25) is 0 Å². The van der Waals surface area contributed by atoms with Crippen LogP contribution in [-0.4, -0.2) is 43.1 Å². The minimum absolute atomic E-state index is 0.00361. The van der Waals surface area contributed by atoms with Gasteiger partial charge in [0, 0.05) is 36.8 Å². The Morgan fingerprint density at radius 2 is 1.84 bits per heavy atom. The zero-order valence-electron chi connectivity index (χ0n) is 20.7. The maximum absolute atomic E-state index is 13.3. The summed E-state index contributed by atoms with van der Waals surface area (Å²) in [6.07, 6.45) is 3.48. The lowest BCUT2D eigenvalue weighted by atomic mass is 10.0. The number of hydrogen-bond donors (Lipinski definition) is 1. The Hall–Kier alpha value is -4.63. The van der Waals surface area contributed by atoms with E-state index in [1.807, 2.05) is 18.2 Å². The van der Waals surface area contributed by atoms with Gasteiger partial charge < -0.3 is 10.5 Å². The normalized spacial score (nSPS) is 11.0. The van der Waals surface area contributed by atoms with Gasteiger partial charge in [0.25, 0.3) is 0 Å². The minimum atomic E-state index is -0.417. The SMILES string of the molecule is CCOC(=O)c1ccc(CC(=O)c2nc(-c3cc(Cl)c4ncccc4c3)c(-c3ccn(C)n3)nc2N)cc1. The van der Waals surface area contributed by atoms with Gasteiger partial charge in [-0.1, -0.05) is 29.8 Å². The van der Waals surface area contributed by atoms with Gasteiger partial charge in [0.1, 0.15) is 17.1 Å². The van der Waals surface area contributed by atoms with Crippen LogP contribution in [0, 0.1) is 0 Å². The van der Waals surface area contributed by atoms with Gasteiger partial charge in [-0.25, -0.2) is 14.8 Å². The Labute approximate surface area is 223 Å². The van der Waals surface area contributed by atoms with E-state index in [1.54, 1.807) is 67.4 Å². The van der Waals surface area contributed by atoms with Crippen LogP contribution < -0.4 is 5.73 Å². The van der Waals surface area contributed by atoms with E-state index in [-0.39, 0.29) is 30.3 Å². The number of pyridine rings is 1. The van der Waals surface area contributed by atoms with Crippen molar-refractivity contribution in [1.82, 2.24) is 24.7 Å². The number of nitrogens with zero attached hydrogens (tertiary/aromatic N) is 5. The van der Waals surface area contributed by atoms with Crippen LogP contribution in [0.4, 0.5) is 5.82 Å². The maximum Gasteiger partial charge on any atom is 0.338 e. The fourth-order valence-corrected chi connectivity index (χ4v) is 4.38. The molecule has 0 aliphatic carbocycles. The third kappa shape index (κ3) is 4.96. The number of fused-ring (bicyclic) bond motifs is 1. The lowest BCUT2D eigenvalue weighted by Crippen LogP contribution is -2.13. The monoisotopic (exact) mass is 526 g/mol. The summed E-state index contributed by atoms with van der Waals surface area (Å²) in [6.45, 7) is 2.03. The van der Waals surface area contributed by atoms with Gasteiger partial charge in [0.05, 0.1) is 28.4 Å². The topological polar surface area (TPSA) is 126 Å². The fourth-order valence-electron chi connectivity index (χ4n) is 4.10. The molecule has 38 heavy (non-hydrogen) atoms. The smallest absolute Gasteiger partial charge is 0.338 e. The van der Waals surface area contributed by atoms with Crippen LogP contribution in [0.5, 0.6) is 0 Å². The van der Waals surface area contributed by atoms with Crippen molar-refractivity contribution in [3.05, 3.63) is 88.8 Å². The Kier molecular flexibility index (Phi) is 6.85. The van der Waals surface area contributed by atoms with E-state index in [4.69, 9.17) is 27.1 Å². The number of nitrogen functional groups attached to an aromatic ring is 1. The highest BCUT2D eigenvalue weighted by Crippen LogP contribution is 2.34. The molecule has 0 bridgehead atoms. The number of carbonyl (C=O) groups is 2. The molecule has 3 heterocycles. The van der Waals surface area contributed by atoms with E-state index in [1.165, 1.54) is 0 Å². The number of carbonyl (C=O) groups excluding carboxylic acids is 2. The predicted octanol–water partition coefficient (Wildman–Crippen LogP) is 4.93. The summed E-state index contributed by atoms with van der Waals surface area (Å²) < 4.78 is 6.66. The Bertz CT molecular complexity index is 1680. The molecular weight excluding hydrogens is 504 g/mol. The van der Waals surface area contributed by atoms with Crippen LogP contribution in [0.1, 0.15) is 33.3 Å². The molecule has 0 amide bonds. The van der Waals surface area contributed by atoms with Crippen molar-refractivity contribution in [2.75, 3.05) is 12.3 Å². The number of Topliss-reactive ketones (excluding diaryl/α,β-unsaturated/α-hetero) is 1. The molecule has 10 heteroatoms. The standard InChI is InChI=1S/C28H23ClN6O3/c1-3-38-28(37)17-8-6-16(7-9-17)13-22(36)26-27(30)33-25(21-10-12-35(2)34-21)24(32-26)19-14-18-5-4-11-31-23(18)20(29)15-19/h4-12,14-15H,3,13H2,1-2H3,(H2,30,33). The maximum atomic E-state index is 13.3. The summed E-state index contributed by atoms with van der Waals surface area (Å²) in [5.74, 6) is -0.739. The molecule has 0 fully saturated rings. The van der Waals surface area contributed by atoms with Crippen LogP contribution in [0.25, 0.3) is 33.5 Å². The van der Waals surface area contributed by atoms with E-state index < -0.39 is 5.97 Å². The molecule has 2 aromatic carbocycles. The molecule has 0 spiro atoms. The number of rotatable bonds is 7. The number of aryl methyl sites for hydroxylation is 1. The number of halogens is 1. The highest BCUT2D eigenvalue weighted by molar-refractivity contribution is 6.35. The van der Waals surface area contributed by atoms with Gasteiger partial charge in [-0.15, -0.1) is 0 Å². The number of hydrogen-bond acceptors (Lipinski definition) is 8. The van der Waals surface area contributed by atoms with E-state index in [0.717, 1.165) is 5.39 Å². The van der Waals surface area contributed by atoms with Crippen molar-refractivity contribution in [3.63, 3.8) is 0 Å². The first kappa shape index (κ1) is 25.0. The molecule has 0 unspecified atom stereocenters. The van der Waals surface area contributed by atoms with Crippen LogP contribution in [-0.2, 0) is 18.2 Å². The van der Waals surface area contributed by atoms with Crippen LogP contribution in [0.3, 0.4) is 0 Å². The highest BCUT2D eigenvalue weighted by Gasteiger charge is 2.22. The molecule has 5 aromatic rings. The summed E-state index contributed by atoms with van der Waals surface area (Å²) in [7, 11) is 1.80. The van der Waals surface area contributed by atoms with Crippen molar-refractivity contribution in [1.29, 1.82) is 0 Å². The van der Waals surface area contributed by atoms with Crippen LogP contribution >= 0.6 is 11.6 Å². The summed E-state index contributed by atoms with van der Waals surface area (Å²) >= 11 is 6.56. The average molecular weight is 527 g/mol. The number of ether oxygens (including phenoxy) is 1. The second-order valence-electron chi connectivity index (χ2n) is 8.58. The third-order valence-electron chi connectivity index (χ3n) is 5.90. The fraction of sp³-hybridized carbons (Fsp3) is 0.143. The number of aromatic nitrogens is 5. The largest absolute Gasteiger partial charge is 0.462 e. The Balaban J connectivity index is 1.56. The molecule has 0 saturated carbocycles. The first-order valence-corrected chi connectivity index (χ1v) is 12.2. The molecule has 0 aliphatic rings. The van der Waals surface area contributed by atoms with Crippen LogP contribution in [0.15, 0.2) is 67.0 Å². The van der Waals surface area contributed by atoms with E-state index in [9.17, 15) is 9.59 Å². The summed E-state index contributed by atoms with van der Waals surface area (Å²) in [5.41, 5.74) is 10.1. The molecule has 3 aromatic heterocycles. The number of anilines is 1. The molecule has 9 nitrogen and oxygen atoms in total. The second kappa shape index (κ2) is 10.4. The van der Waals surface area contributed by atoms with E-state index in [2.05, 4.69) is 15.1 Å². The lowest BCUT2D eigenvalue weighted by molar-refractivity contribution is 0.0526. The van der Waals surface area contributed by atoms with Crippen LogP contribution in [0.2, 0.25) is 5.02 Å². The quantitative estimate of drug-likeness (QED) is 0.234. The second-order valence-corrected chi connectivity index (χ2v) is 8.99. The number of nitrogens with two attached hydrogens (primary N) is 1. The molecule has 190 valence electrons. The van der Waals surface area contributed by atoms with Gasteiger partial charge in [-0.3, -0.25) is 14.5 Å². The van der Waals surface area contributed by atoms with E-state index >= 15 is 0 Å². The van der Waals surface area contributed by atoms with Gasteiger partial charge >= 0.3 is 5.97 Å². The third-order valence-corrected chi connectivity index (χ3v) is 6.19. The molecule has 0 aliphatic heterocycles. The Morgan fingerprint density at radius 1 is 1.05 bits per heavy atom. The molecule has 2 N–H and O–H groups in total. The van der Waals surface area contributed by atoms with Gasteiger partial charge in [-0.2, -0.15) is 5.10 Å². The van der Waals surface area contributed by atoms with Crippen molar-refractivity contribution in [2.45, 2.75) is 13.3 Å². The lowest BCUT2D eigenvalue weighted by Gasteiger charge is -2.13. The van der Waals surface area contributed by atoms with Crippen molar-refractivity contribution in [2.24, 2.45) is 7.05 Å². The van der Waals surface area contributed by atoms with Crippen molar-refractivity contribution < 1.29 is 14.3 Å². The molecule has 0 saturated heterocycles. The average Bonchev–Trinajstić information content (AvgIpc) is 3.35. The first-order chi connectivity index (χ1) is 18.3. The van der Waals surface area contributed by atoms with Gasteiger partial charge in [0.15, 0.2) is 11.6 Å². The highest BCUT2D eigenvalue weighted by atomic mass is 35.5. The Morgan fingerprint density at radius 3 is 2.55 bits per heavy atom. The zero-order chi connectivity index (χ0) is 26.8. The molecule has 5 rings (SSSR count). The molecular formula is C28H23ClN6O3. The first-order valence-electron chi connectivity index (χ1n) is 11.9. The number of ketones is 1. The van der Waals surface area contributed by atoms with Crippen molar-refractivity contribution >= 4 is 40.1 Å². The number of esters is 1. The molecule has 0 radical (unpaired) electrons. The minimum Gasteiger partial charge on any atom is -0.462 e. The predicted molar refractivity (Wildman–Crippen MR) is 145 cm³/mol. The summed E-state index contributed by atoms with van der Waals surface area (Å²) in [4.78, 5) is 38.9. The summed E-state index contributed by atoms with van der Waals surface area (Å²) in [6, 6.07) is 15.8. The zero-order valence-corrected chi connectivity index (χ0v) is 21.4. The number of benzene rings is 2. The summed E-state index contributed by atoms with van der Waals surface area (Å²) in [5, 5.41) is 5.72. The van der Waals surface area contributed by atoms with Gasteiger partial charge in [-0.05, 0) is 48.9 Å².